The zero-order valence-electron chi connectivity index (χ0n) is 16.2. The Bertz CT molecular complexity index is 1030. The second-order valence-electron chi connectivity index (χ2n) is 6.91. The third-order valence-corrected chi connectivity index (χ3v) is 6.46. The minimum absolute atomic E-state index is 0.0621. The molecule has 2 aromatic rings. The molecule has 0 bridgehead atoms. The topological polar surface area (TPSA) is 124 Å². The van der Waals surface area contributed by atoms with Crippen molar-refractivity contribution >= 4 is 27.5 Å². The second-order valence-corrected chi connectivity index (χ2v) is 9.14. The highest BCUT2D eigenvalue weighted by Crippen LogP contribution is 2.19. The predicted molar refractivity (Wildman–Crippen MR) is 99.6 cm³/mol. The van der Waals surface area contributed by atoms with Crippen molar-refractivity contribution in [3.8, 4) is 0 Å². The standard InChI is InChI=1S/C17H23N5O5S/c1-5-21(13-6-7-28(25,26)9-13)15(23)12(4)27-16(24)14-19-17-18-10(2)8-11(3)22(17)20-14/h8,12-13H,5-7,9H2,1-4H3/t12-,13+/m0/s1. The van der Waals surface area contributed by atoms with E-state index in [4.69, 9.17) is 4.74 Å². The zero-order valence-corrected chi connectivity index (χ0v) is 17.1. The highest BCUT2D eigenvalue weighted by atomic mass is 32.2. The van der Waals surface area contributed by atoms with Crippen LogP contribution in [-0.4, -0.2) is 75.0 Å². The Morgan fingerprint density at radius 1 is 1.36 bits per heavy atom. The van der Waals surface area contributed by atoms with Gasteiger partial charge in [0.1, 0.15) is 0 Å². The van der Waals surface area contributed by atoms with Gasteiger partial charge in [-0.1, -0.05) is 0 Å². The number of esters is 1. The minimum Gasteiger partial charge on any atom is -0.447 e. The predicted octanol–water partition coefficient (Wildman–Crippen LogP) is 0.322. The smallest absolute Gasteiger partial charge is 0.379 e. The van der Waals surface area contributed by atoms with Crippen LogP contribution in [0.15, 0.2) is 6.07 Å². The summed E-state index contributed by atoms with van der Waals surface area (Å²) < 4.78 is 30.1. The van der Waals surface area contributed by atoms with Crippen molar-refractivity contribution in [2.24, 2.45) is 0 Å². The molecule has 0 aliphatic carbocycles. The molecule has 0 saturated carbocycles. The van der Waals surface area contributed by atoms with Gasteiger partial charge in [0.2, 0.25) is 0 Å². The number of likely N-dealkylation sites (N-methyl/N-ethyl adjacent to an activating group) is 1. The first kappa shape index (κ1) is 20.2. The number of fused-ring (bicyclic) bond motifs is 1. The largest absolute Gasteiger partial charge is 0.447 e. The number of ether oxygens (including phenoxy) is 1. The average Bonchev–Trinajstić information content (AvgIpc) is 3.18. The van der Waals surface area contributed by atoms with Crippen molar-refractivity contribution in [3.63, 3.8) is 0 Å². The van der Waals surface area contributed by atoms with Gasteiger partial charge < -0.3 is 9.64 Å². The molecule has 0 spiro atoms. The van der Waals surface area contributed by atoms with Crippen LogP contribution in [0.4, 0.5) is 0 Å². The van der Waals surface area contributed by atoms with E-state index in [1.807, 2.05) is 13.8 Å². The van der Waals surface area contributed by atoms with Crippen LogP contribution >= 0.6 is 0 Å². The molecule has 2 atom stereocenters. The first-order chi connectivity index (χ1) is 13.1. The number of aryl methyl sites for hydroxylation is 2. The summed E-state index contributed by atoms with van der Waals surface area (Å²) in [6.45, 7) is 7.17. The Labute approximate surface area is 162 Å². The van der Waals surface area contributed by atoms with Crippen molar-refractivity contribution in [2.45, 2.75) is 46.3 Å². The Morgan fingerprint density at radius 2 is 2.07 bits per heavy atom. The summed E-state index contributed by atoms with van der Waals surface area (Å²) in [6.07, 6.45) is -0.695. The van der Waals surface area contributed by atoms with Crippen LogP contribution in [0.5, 0.6) is 0 Å². The zero-order chi connectivity index (χ0) is 20.6. The maximum absolute atomic E-state index is 12.7. The summed E-state index contributed by atoms with van der Waals surface area (Å²) >= 11 is 0. The van der Waals surface area contributed by atoms with E-state index in [1.54, 1.807) is 13.0 Å². The highest BCUT2D eigenvalue weighted by Gasteiger charge is 2.36. The average molecular weight is 409 g/mol. The quantitative estimate of drug-likeness (QED) is 0.647. The van der Waals surface area contributed by atoms with E-state index in [2.05, 4.69) is 15.1 Å². The number of nitrogens with zero attached hydrogens (tertiary/aromatic N) is 5. The molecule has 0 unspecified atom stereocenters. The lowest BCUT2D eigenvalue weighted by Crippen LogP contribution is -2.46. The molecule has 2 aromatic heterocycles. The molecule has 11 heteroatoms. The van der Waals surface area contributed by atoms with Gasteiger partial charge in [-0.25, -0.2) is 22.7 Å². The first-order valence-corrected chi connectivity index (χ1v) is 10.9. The number of amides is 1. The van der Waals surface area contributed by atoms with Crippen molar-refractivity contribution in [1.82, 2.24) is 24.5 Å². The number of carbonyl (C=O) groups is 2. The van der Waals surface area contributed by atoms with Crippen LogP contribution in [0.1, 0.15) is 42.3 Å². The normalized spacial score (nSPS) is 19.5. The number of aromatic nitrogens is 4. The van der Waals surface area contributed by atoms with Gasteiger partial charge in [-0.15, -0.1) is 5.10 Å². The van der Waals surface area contributed by atoms with Gasteiger partial charge in [-0.05, 0) is 40.2 Å². The van der Waals surface area contributed by atoms with Gasteiger partial charge in [0, 0.05) is 24.0 Å². The fraction of sp³-hybridized carbons (Fsp3) is 0.588. The van der Waals surface area contributed by atoms with Crippen molar-refractivity contribution in [2.75, 3.05) is 18.1 Å². The number of rotatable bonds is 5. The lowest BCUT2D eigenvalue weighted by molar-refractivity contribution is -0.141. The van der Waals surface area contributed by atoms with Crippen LogP contribution in [0.25, 0.3) is 5.78 Å². The molecule has 1 aliphatic heterocycles. The fourth-order valence-corrected chi connectivity index (χ4v) is 5.10. The molecule has 1 aliphatic rings. The summed E-state index contributed by atoms with van der Waals surface area (Å²) in [5.74, 6) is -1.19. The summed E-state index contributed by atoms with van der Waals surface area (Å²) in [7, 11) is -3.13. The maximum Gasteiger partial charge on any atom is 0.379 e. The van der Waals surface area contributed by atoms with Gasteiger partial charge in [-0.2, -0.15) is 4.98 Å². The van der Waals surface area contributed by atoms with Crippen molar-refractivity contribution in [1.29, 1.82) is 0 Å². The summed E-state index contributed by atoms with van der Waals surface area (Å²) in [6, 6.07) is 1.41. The third-order valence-electron chi connectivity index (χ3n) is 4.71. The molecule has 0 N–H and O–H groups in total. The van der Waals surface area contributed by atoms with Gasteiger partial charge in [0.25, 0.3) is 17.5 Å². The van der Waals surface area contributed by atoms with Crippen molar-refractivity contribution < 1.29 is 22.7 Å². The highest BCUT2D eigenvalue weighted by molar-refractivity contribution is 7.91. The molecule has 3 rings (SSSR count). The van der Waals surface area contributed by atoms with Gasteiger partial charge in [0.15, 0.2) is 15.9 Å². The molecule has 28 heavy (non-hydrogen) atoms. The van der Waals surface area contributed by atoms with E-state index in [-0.39, 0.29) is 23.1 Å². The SMILES string of the molecule is CCN(C(=O)[C@H](C)OC(=O)c1nc2nc(C)cc(C)n2n1)[C@@H]1CCS(=O)(=O)C1. The van der Waals surface area contributed by atoms with E-state index < -0.39 is 33.9 Å². The van der Waals surface area contributed by atoms with Crippen molar-refractivity contribution in [3.05, 3.63) is 23.3 Å². The van der Waals surface area contributed by atoms with Gasteiger partial charge in [0.05, 0.1) is 11.5 Å². The molecule has 10 nitrogen and oxygen atoms in total. The molecular formula is C17H23N5O5S. The van der Waals surface area contributed by atoms with Crippen LogP contribution in [0.3, 0.4) is 0 Å². The van der Waals surface area contributed by atoms with E-state index >= 15 is 0 Å². The molecule has 152 valence electrons. The summed E-state index contributed by atoms with van der Waals surface area (Å²) in [5.41, 5.74) is 1.50. The van der Waals surface area contributed by atoms with E-state index in [1.165, 1.54) is 16.3 Å². The fourth-order valence-electron chi connectivity index (χ4n) is 3.37. The van der Waals surface area contributed by atoms with Crippen LogP contribution in [0, 0.1) is 13.8 Å². The van der Waals surface area contributed by atoms with Crippen LogP contribution < -0.4 is 0 Å². The van der Waals surface area contributed by atoms with Gasteiger partial charge >= 0.3 is 5.97 Å². The Balaban J connectivity index is 1.72. The Kier molecular flexibility index (Phi) is 5.37. The lowest BCUT2D eigenvalue weighted by atomic mass is 10.2. The molecule has 1 fully saturated rings. The number of sulfone groups is 1. The summed E-state index contributed by atoms with van der Waals surface area (Å²) in [5, 5.41) is 4.09. The molecule has 1 amide bonds. The minimum atomic E-state index is -3.13. The van der Waals surface area contributed by atoms with Crippen LogP contribution in [0.2, 0.25) is 0 Å². The molecular weight excluding hydrogens is 386 g/mol. The number of hydrogen-bond donors (Lipinski definition) is 0. The summed E-state index contributed by atoms with van der Waals surface area (Å²) in [4.78, 5) is 34.8. The maximum atomic E-state index is 12.7. The second kappa shape index (κ2) is 7.46. The number of carbonyl (C=O) groups excluding carboxylic acids is 2. The molecule has 0 radical (unpaired) electrons. The first-order valence-electron chi connectivity index (χ1n) is 9.04. The van der Waals surface area contributed by atoms with E-state index in [0.29, 0.717) is 13.0 Å². The lowest BCUT2D eigenvalue weighted by Gasteiger charge is -2.29. The van der Waals surface area contributed by atoms with Gasteiger partial charge in [-0.3, -0.25) is 4.79 Å². The van der Waals surface area contributed by atoms with E-state index in [0.717, 1.165) is 11.4 Å². The van der Waals surface area contributed by atoms with E-state index in [9.17, 15) is 18.0 Å². The molecule has 0 aromatic carbocycles. The third kappa shape index (κ3) is 3.98. The Morgan fingerprint density at radius 3 is 2.68 bits per heavy atom. The van der Waals surface area contributed by atoms with Crippen LogP contribution in [-0.2, 0) is 19.4 Å². The molecule has 3 heterocycles. The Hall–Kier alpha value is -2.56. The monoisotopic (exact) mass is 409 g/mol. The molecule has 1 saturated heterocycles. The number of hydrogen-bond acceptors (Lipinski definition) is 8.